The number of carbonyl (C=O) groups is 1. The van der Waals surface area contributed by atoms with Crippen LogP contribution in [-0.2, 0) is 10.2 Å². The monoisotopic (exact) mass is 426 g/mol. The lowest BCUT2D eigenvalue weighted by molar-refractivity contribution is -0.131. The molecule has 0 saturated heterocycles. The van der Waals surface area contributed by atoms with Gasteiger partial charge in [-0.1, -0.05) is 46.8 Å². The van der Waals surface area contributed by atoms with E-state index in [4.69, 9.17) is 9.84 Å². The van der Waals surface area contributed by atoms with Crippen molar-refractivity contribution in [3.63, 3.8) is 0 Å². The van der Waals surface area contributed by atoms with Crippen LogP contribution < -0.4 is 4.74 Å². The molecule has 0 bridgehead atoms. The molecule has 2 rings (SSSR count). The minimum Gasteiger partial charge on any atom is -0.493 e. The van der Waals surface area contributed by atoms with Crippen LogP contribution in [-0.4, -0.2) is 17.7 Å². The number of ether oxygens (including phenoxy) is 1. The smallest absolute Gasteiger partial charge is 0.328 e. The number of carboxylic acids is 1. The van der Waals surface area contributed by atoms with Crippen LogP contribution in [0.5, 0.6) is 5.75 Å². The van der Waals surface area contributed by atoms with E-state index in [0.717, 1.165) is 30.0 Å². The molecule has 0 heterocycles. The Balaban J connectivity index is 2.65. The summed E-state index contributed by atoms with van der Waals surface area (Å²) < 4.78 is 21.1. The van der Waals surface area contributed by atoms with Gasteiger partial charge in [-0.3, -0.25) is 0 Å². The van der Waals surface area contributed by atoms with Crippen molar-refractivity contribution in [3.8, 4) is 5.75 Å². The van der Waals surface area contributed by atoms with Crippen LogP contribution in [0.4, 0.5) is 4.39 Å². The fraction of sp³-hybridized carbons (Fsp3) is 0.444. The number of hydrogen-bond donors (Lipinski definition) is 1. The van der Waals surface area contributed by atoms with Crippen molar-refractivity contribution < 1.29 is 19.0 Å². The zero-order valence-corrected chi connectivity index (χ0v) is 19.8. The van der Waals surface area contributed by atoms with Crippen molar-refractivity contribution in [1.82, 2.24) is 0 Å². The first-order valence-corrected chi connectivity index (χ1v) is 11.0. The van der Waals surface area contributed by atoms with E-state index in [1.807, 2.05) is 6.92 Å². The number of halogens is 1. The summed E-state index contributed by atoms with van der Waals surface area (Å²) in [5, 5.41) is 8.84. The lowest BCUT2D eigenvalue weighted by Gasteiger charge is -2.34. The van der Waals surface area contributed by atoms with Gasteiger partial charge < -0.3 is 9.84 Å². The predicted molar refractivity (Wildman–Crippen MR) is 127 cm³/mol. The molecule has 1 aromatic carbocycles. The number of allylic oxidation sites excluding steroid dienone is 7. The highest BCUT2D eigenvalue weighted by Gasteiger charge is 2.31. The summed E-state index contributed by atoms with van der Waals surface area (Å²) in [5.41, 5.74) is 5.32. The molecule has 0 spiro atoms. The molecule has 0 saturated carbocycles. The summed E-state index contributed by atoms with van der Waals surface area (Å²) in [4.78, 5) is 10.8. The molecule has 1 aliphatic rings. The maximum absolute atomic E-state index is 15.1. The van der Waals surface area contributed by atoms with Crippen LogP contribution >= 0.6 is 0 Å². The quantitative estimate of drug-likeness (QED) is 0.346. The highest BCUT2D eigenvalue weighted by Crippen LogP contribution is 2.45. The fourth-order valence-electron chi connectivity index (χ4n) is 3.84. The Morgan fingerprint density at radius 1 is 1.26 bits per heavy atom. The van der Waals surface area contributed by atoms with E-state index >= 15 is 4.39 Å². The summed E-state index contributed by atoms with van der Waals surface area (Å²) in [6.45, 7) is 14.8. The van der Waals surface area contributed by atoms with Gasteiger partial charge in [0, 0.05) is 11.6 Å². The Kier molecular flexibility index (Phi) is 8.05. The minimum atomic E-state index is -1.05. The second-order valence-corrected chi connectivity index (χ2v) is 9.18. The number of hydrogen-bond acceptors (Lipinski definition) is 2. The molecule has 1 N–H and O–H groups in total. The number of carboxylic acid groups (broad SMARTS) is 1. The second kappa shape index (κ2) is 10.1. The van der Waals surface area contributed by atoms with Crippen molar-refractivity contribution in [2.45, 2.75) is 66.7 Å². The number of aliphatic carboxylic acids is 1. The lowest BCUT2D eigenvalue weighted by atomic mass is 9.70. The standard InChI is InChI=1S/C27H35FO3/c1-8-13-31-25-16-23-22(20(17(2)3)11-12-27(23,6)7)15-21(25)19(5)24(28)10-9-18(4)14-26(29)30/h9-11,14-17H,8,12-13H2,1-7H3,(H,29,30). The van der Waals surface area contributed by atoms with Crippen molar-refractivity contribution in [3.05, 3.63) is 64.5 Å². The van der Waals surface area contributed by atoms with Crippen molar-refractivity contribution in [2.75, 3.05) is 6.61 Å². The van der Waals surface area contributed by atoms with Crippen molar-refractivity contribution in [1.29, 1.82) is 0 Å². The number of fused-ring (bicyclic) bond motifs is 1. The SMILES string of the molecule is CCCOc1cc2c(cc1C(C)=C(F)C=CC(C)=CC(=O)O)C(C(C)C)=CCC2(C)C. The molecule has 1 aliphatic carbocycles. The summed E-state index contributed by atoms with van der Waals surface area (Å²) in [6, 6.07) is 4.15. The van der Waals surface area contributed by atoms with E-state index in [-0.39, 0.29) is 5.41 Å². The van der Waals surface area contributed by atoms with Gasteiger partial charge in [0.15, 0.2) is 0 Å². The van der Waals surface area contributed by atoms with Crippen LogP contribution in [0.25, 0.3) is 11.1 Å². The van der Waals surface area contributed by atoms with Crippen LogP contribution in [0, 0.1) is 5.92 Å². The Labute approximate surface area is 186 Å². The van der Waals surface area contributed by atoms with Gasteiger partial charge in [-0.15, -0.1) is 0 Å². The molecule has 0 atom stereocenters. The molecule has 0 aromatic heterocycles. The van der Waals surface area contributed by atoms with Gasteiger partial charge in [0.2, 0.25) is 0 Å². The summed E-state index contributed by atoms with van der Waals surface area (Å²) in [6.07, 6.45) is 7.97. The van der Waals surface area contributed by atoms with E-state index in [1.165, 1.54) is 23.3 Å². The molecular weight excluding hydrogens is 391 g/mol. The summed E-state index contributed by atoms with van der Waals surface area (Å²) >= 11 is 0. The average molecular weight is 427 g/mol. The second-order valence-electron chi connectivity index (χ2n) is 9.18. The highest BCUT2D eigenvalue weighted by molar-refractivity contribution is 5.82. The Bertz CT molecular complexity index is 959. The van der Waals surface area contributed by atoms with Crippen LogP contribution in [0.2, 0.25) is 0 Å². The predicted octanol–water partition coefficient (Wildman–Crippen LogP) is 7.48. The molecule has 31 heavy (non-hydrogen) atoms. The molecular formula is C27H35FO3. The third-order valence-electron chi connectivity index (χ3n) is 5.68. The molecule has 168 valence electrons. The first kappa shape index (κ1) is 24.6. The third-order valence-corrected chi connectivity index (χ3v) is 5.68. The largest absolute Gasteiger partial charge is 0.493 e. The zero-order valence-electron chi connectivity index (χ0n) is 19.8. The molecule has 0 amide bonds. The lowest BCUT2D eigenvalue weighted by Crippen LogP contribution is -2.23. The van der Waals surface area contributed by atoms with Crippen LogP contribution in [0.3, 0.4) is 0 Å². The van der Waals surface area contributed by atoms with Crippen LogP contribution in [0.15, 0.2) is 47.8 Å². The van der Waals surface area contributed by atoms with E-state index in [1.54, 1.807) is 13.8 Å². The van der Waals surface area contributed by atoms with Gasteiger partial charge in [0.1, 0.15) is 11.6 Å². The minimum absolute atomic E-state index is 0.0224. The van der Waals surface area contributed by atoms with Gasteiger partial charge in [0.25, 0.3) is 0 Å². The van der Waals surface area contributed by atoms with E-state index in [0.29, 0.717) is 29.4 Å². The molecule has 3 nitrogen and oxygen atoms in total. The van der Waals surface area contributed by atoms with Gasteiger partial charge in [-0.2, -0.15) is 0 Å². The van der Waals surface area contributed by atoms with Gasteiger partial charge in [-0.05, 0) is 84.1 Å². The first-order chi connectivity index (χ1) is 14.5. The Morgan fingerprint density at radius 2 is 1.94 bits per heavy atom. The van der Waals surface area contributed by atoms with E-state index in [9.17, 15) is 4.79 Å². The molecule has 1 aromatic rings. The van der Waals surface area contributed by atoms with Gasteiger partial charge in [-0.25, -0.2) is 9.18 Å². The summed E-state index contributed by atoms with van der Waals surface area (Å²) in [7, 11) is 0. The fourth-order valence-corrected chi connectivity index (χ4v) is 3.84. The molecule has 0 fully saturated rings. The molecule has 0 radical (unpaired) electrons. The summed E-state index contributed by atoms with van der Waals surface area (Å²) in [5.74, 6) is -0.408. The first-order valence-electron chi connectivity index (χ1n) is 11.0. The molecule has 4 heteroatoms. The van der Waals surface area contributed by atoms with Gasteiger partial charge >= 0.3 is 5.97 Å². The average Bonchev–Trinajstić information content (AvgIpc) is 2.68. The van der Waals surface area contributed by atoms with Crippen molar-refractivity contribution in [2.24, 2.45) is 5.92 Å². The zero-order chi connectivity index (χ0) is 23.3. The molecule has 0 aliphatic heterocycles. The maximum atomic E-state index is 15.1. The van der Waals surface area contributed by atoms with Crippen molar-refractivity contribution >= 4 is 17.1 Å². The third kappa shape index (κ3) is 5.96. The Morgan fingerprint density at radius 3 is 2.52 bits per heavy atom. The molecule has 0 unspecified atom stereocenters. The number of rotatable bonds is 8. The van der Waals surface area contributed by atoms with Gasteiger partial charge in [0.05, 0.1) is 6.61 Å². The topological polar surface area (TPSA) is 46.5 Å². The normalized spacial score (nSPS) is 16.8. The van der Waals surface area contributed by atoms with E-state index in [2.05, 4.69) is 45.9 Å². The highest BCUT2D eigenvalue weighted by atomic mass is 19.1. The van der Waals surface area contributed by atoms with Crippen LogP contribution in [0.1, 0.15) is 78.0 Å². The number of benzene rings is 1. The Hall–Kier alpha value is -2.62. The van der Waals surface area contributed by atoms with E-state index < -0.39 is 11.8 Å². The maximum Gasteiger partial charge on any atom is 0.328 e.